The summed E-state index contributed by atoms with van der Waals surface area (Å²) in [5.74, 6) is 0. The van der Waals surface area contributed by atoms with E-state index in [9.17, 15) is 0 Å². The molecule has 1 aromatic carbocycles. The minimum absolute atomic E-state index is 0.762. The Morgan fingerprint density at radius 2 is 1.94 bits per heavy atom. The Morgan fingerprint density at radius 3 is 2.65 bits per heavy atom. The molecule has 88 valence electrons. The van der Waals surface area contributed by atoms with Crippen LogP contribution < -0.4 is 5.73 Å². The molecule has 0 unspecified atom stereocenters. The average Bonchev–Trinajstić information content (AvgIpc) is 2.39. The maximum atomic E-state index is 6.26. The van der Waals surface area contributed by atoms with Gasteiger partial charge in [0.25, 0.3) is 0 Å². The van der Waals surface area contributed by atoms with Gasteiger partial charge in [0.05, 0.1) is 5.69 Å². The Balaban J connectivity index is 2.21. The fourth-order valence-electron chi connectivity index (χ4n) is 1.84. The van der Waals surface area contributed by atoms with Crippen LogP contribution in [0.15, 0.2) is 57.7 Å². The average molecular weight is 247 g/mol. The third-order valence-corrected chi connectivity index (χ3v) is 3.27. The first-order chi connectivity index (χ1) is 8.31. The molecule has 0 fully saturated rings. The molecule has 0 bridgehead atoms. The van der Waals surface area contributed by atoms with Gasteiger partial charge in [-0.3, -0.25) is 4.99 Å². The highest BCUT2D eigenvalue weighted by molar-refractivity contribution is 6.33. The number of halogens is 1. The van der Waals surface area contributed by atoms with E-state index in [1.54, 1.807) is 6.20 Å². The first kappa shape index (κ1) is 11.9. The first-order valence-corrected chi connectivity index (χ1v) is 6.08. The lowest BCUT2D eigenvalue weighted by molar-refractivity contribution is 0.799. The molecule has 0 aromatic heterocycles. The van der Waals surface area contributed by atoms with Crippen LogP contribution in [-0.2, 0) is 0 Å². The van der Waals surface area contributed by atoms with Crippen molar-refractivity contribution in [3.8, 4) is 0 Å². The van der Waals surface area contributed by atoms with Crippen molar-refractivity contribution in [2.45, 2.75) is 19.3 Å². The van der Waals surface area contributed by atoms with Crippen molar-refractivity contribution in [3.05, 3.63) is 52.7 Å². The van der Waals surface area contributed by atoms with E-state index in [4.69, 9.17) is 17.3 Å². The number of benzene rings is 1. The van der Waals surface area contributed by atoms with Crippen molar-refractivity contribution < 1.29 is 0 Å². The topological polar surface area (TPSA) is 38.4 Å². The Labute approximate surface area is 107 Å². The van der Waals surface area contributed by atoms with Crippen molar-refractivity contribution in [2.24, 2.45) is 10.7 Å². The fraction of sp³-hybridized carbons (Fsp3) is 0.214. The Bertz CT molecular complexity index is 472. The van der Waals surface area contributed by atoms with E-state index in [1.165, 1.54) is 0 Å². The van der Waals surface area contributed by atoms with E-state index in [1.807, 2.05) is 36.5 Å². The standard InChI is InChI=1S/C14H15ClN2/c15-14-11(9-16)5-4-6-12(14)10-17-13-7-2-1-3-8-13/h1-3,7-10H,4-6,16H2/b11-9-,17-10?. The van der Waals surface area contributed by atoms with Crippen LogP contribution in [0, 0.1) is 0 Å². The quantitative estimate of drug-likeness (QED) is 0.790. The lowest BCUT2D eigenvalue weighted by atomic mass is 9.96. The third-order valence-electron chi connectivity index (χ3n) is 2.78. The number of nitrogens with zero attached hydrogens (tertiary/aromatic N) is 1. The molecule has 1 aliphatic rings. The van der Waals surface area contributed by atoms with Crippen molar-refractivity contribution in [2.75, 3.05) is 0 Å². The summed E-state index contributed by atoms with van der Waals surface area (Å²) in [5.41, 5.74) is 8.57. The summed E-state index contributed by atoms with van der Waals surface area (Å²) >= 11 is 6.26. The van der Waals surface area contributed by atoms with Crippen molar-refractivity contribution in [1.29, 1.82) is 0 Å². The molecule has 17 heavy (non-hydrogen) atoms. The van der Waals surface area contributed by atoms with Crippen molar-refractivity contribution in [3.63, 3.8) is 0 Å². The van der Waals surface area contributed by atoms with Gasteiger partial charge in [0.15, 0.2) is 0 Å². The summed E-state index contributed by atoms with van der Waals surface area (Å²) in [5, 5.41) is 0.762. The monoisotopic (exact) mass is 246 g/mol. The van der Waals surface area contributed by atoms with Gasteiger partial charge >= 0.3 is 0 Å². The number of para-hydroxylation sites is 1. The zero-order valence-corrected chi connectivity index (χ0v) is 10.3. The Hall–Kier alpha value is -1.54. The molecule has 0 heterocycles. The molecule has 3 heteroatoms. The zero-order chi connectivity index (χ0) is 12.1. The van der Waals surface area contributed by atoms with Crippen molar-refractivity contribution >= 4 is 23.5 Å². The van der Waals surface area contributed by atoms with Gasteiger partial charge in [-0.25, -0.2) is 0 Å². The molecule has 2 rings (SSSR count). The highest BCUT2D eigenvalue weighted by Gasteiger charge is 2.13. The Kier molecular flexibility index (Phi) is 3.99. The maximum Gasteiger partial charge on any atom is 0.0629 e. The molecule has 1 aliphatic carbocycles. The van der Waals surface area contributed by atoms with Gasteiger partial charge in [-0.15, -0.1) is 0 Å². The predicted octanol–water partition coefficient (Wildman–Crippen LogP) is 3.91. The number of allylic oxidation sites excluding steroid dienone is 3. The summed E-state index contributed by atoms with van der Waals surface area (Å²) in [4.78, 5) is 4.41. The van der Waals surface area contributed by atoms with Crippen LogP contribution in [0.1, 0.15) is 19.3 Å². The van der Waals surface area contributed by atoms with E-state index in [0.717, 1.165) is 41.1 Å². The Morgan fingerprint density at radius 1 is 1.18 bits per heavy atom. The summed E-state index contributed by atoms with van der Waals surface area (Å²) in [6, 6.07) is 9.84. The molecule has 2 N–H and O–H groups in total. The number of hydrogen-bond donors (Lipinski definition) is 1. The molecule has 0 spiro atoms. The molecule has 1 aromatic rings. The smallest absolute Gasteiger partial charge is 0.0629 e. The van der Waals surface area contributed by atoms with Crippen LogP contribution in [0.25, 0.3) is 0 Å². The van der Waals surface area contributed by atoms with Crippen LogP contribution >= 0.6 is 11.6 Å². The summed E-state index contributed by atoms with van der Waals surface area (Å²) in [7, 11) is 0. The lowest BCUT2D eigenvalue weighted by Crippen LogP contribution is -2.02. The van der Waals surface area contributed by atoms with Gasteiger partial charge in [0, 0.05) is 11.2 Å². The molecular weight excluding hydrogens is 232 g/mol. The third kappa shape index (κ3) is 2.98. The van der Waals surface area contributed by atoms with E-state index < -0.39 is 0 Å². The van der Waals surface area contributed by atoms with E-state index >= 15 is 0 Å². The number of rotatable bonds is 2. The first-order valence-electron chi connectivity index (χ1n) is 5.70. The summed E-state index contributed by atoms with van der Waals surface area (Å²) < 4.78 is 0. The van der Waals surface area contributed by atoms with Crippen LogP contribution in [0.3, 0.4) is 0 Å². The predicted molar refractivity (Wildman–Crippen MR) is 73.6 cm³/mol. The second kappa shape index (κ2) is 5.69. The van der Waals surface area contributed by atoms with Gasteiger partial charge in [-0.1, -0.05) is 29.8 Å². The second-order valence-corrected chi connectivity index (χ2v) is 4.36. The number of aliphatic imine (C=N–C) groups is 1. The molecule has 0 amide bonds. The van der Waals surface area contributed by atoms with E-state index in [0.29, 0.717) is 0 Å². The molecule has 0 saturated heterocycles. The van der Waals surface area contributed by atoms with E-state index in [2.05, 4.69) is 4.99 Å². The maximum absolute atomic E-state index is 6.26. The lowest BCUT2D eigenvalue weighted by Gasteiger charge is -2.15. The highest BCUT2D eigenvalue weighted by Crippen LogP contribution is 2.31. The molecule has 0 saturated carbocycles. The minimum atomic E-state index is 0.762. The van der Waals surface area contributed by atoms with Gasteiger partial charge in [-0.05, 0) is 48.7 Å². The van der Waals surface area contributed by atoms with Crippen LogP contribution in [-0.4, -0.2) is 6.21 Å². The van der Waals surface area contributed by atoms with Crippen LogP contribution in [0.2, 0.25) is 0 Å². The summed E-state index contributed by atoms with van der Waals surface area (Å²) in [6.45, 7) is 0. The summed E-state index contributed by atoms with van der Waals surface area (Å²) in [6.07, 6.45) is 6.44. The van der Waals surface area contributed by atoms with Gasteiger partial charge in [0.1, 0.15) is 0 Å². The van der Waals surface area contributed by atoms with Gasteiger partial charge in [0.2, 0.25) is 0 Å². The number of hydrogen-bond acceptors (Lipinski definition) is 2. The second-order valence-electron chi connectivity index (χ2n) is 3.98. The van der Waals surface area contributed by atoms with Gasteiger partial charge in [-0.2, -0.15) is 0 Å². The minimum Gasteiger partial charge on any atom is -0.404 e. The normalized spacial score (nSPS) is 19.2. The van der Waals surface area contributed by atoms with Gasteiger partial charge < -0.3 is 5.73 Å². The van der Waals surface area contributed by atoms with Crippen molar-refractivity contribution in [1.82, 2.24) is 0 Å². The van der Waals surface area contributed by atoms with Crippen LogP contribution in [0.4, 0.5) is 5.69 Å². The molecule has 0 radical (unpaired) electrons. The number of nitrogens with two attached hydrogens (primary N) is 1. The SMILES string of the molecule is N/C=C1/CCCC(C=Nc2ccccc2)=C1Cl. The largest absolute Gasteiger partial charge is 0.404 e. The fourth-order valence-corrected chi connectivity index (χ4v) is 2.14. The highest BCUT2D eigenvalue weighted by atomic mass is 35.5. The van der Waals surface area contributed by atoms with Crippen LogP contribution in [0.5, 0.6) is 0 Å². The zero-order valence-electron chi connectivity index (χ0n) is 9.57. The molecular formula is C14H15ClN2. The molecule has 0 atom stereocenters. The molecule has 2 nitrogen and oxygen atoms in total. The van der Waals surface area contributed by atoms with E-state index in [-0.39, 0.29) is 0 Å². The molecule has 0 aliphatic heterocycles.